The van der Waals surface area contributed by atoms with Gasteiger partial charge >= 0.3 is 5.91 Å². The van der Waals surface area contributed by atoms with Crippen LogP contribution in [0.1, 0.15) is 56.1 Å². The molecule has 1 atom stereocenters. The zero-order valence-corrected chi connectivity index (χ0v) is 20.4. The predicted octanol–water partition coefficient (Wildman–Crippen LogP) is 5.74. The van der Waals surface area contributed by atoms with Crippen LogP contribution in [0.25, 0.3) is 0 Å². The predicted molar refractivity (Wildman–Crippen MR) is 127 cm³/mol. The van der Waals surface area contributed by atoms with Crippen LogP contribution in [0.5, 0.6) is 5.75 Å². The molecule has 0 saturated carbocycles. The van der Waals surface area contributed by atoms with E-state index in [-0.39, 0.29) is 16.6 Å². The maximum atomic E-state index is 13.7. The molecular weight excluding hydrogens is 386 g/mol. The van der Waals surface area contributed by atoms with Gasteiger partial charge < -0.3 is 9.47 Å². The normalized spacial score (nSPS) is 12.9. The summed E-state index contributed by atoms with van der Waals surface area (Å²) in [5.74, 6) is 1.95. The van der Waals surface area contributed by atoms with E-state index in [2.05, 4.69) is 33.8 Å². The van der Waals surface area contributed by atoms with Crippen LogP contribution in [0, 0.1) is 11.8 Å². The van der Waals surface area contributed by atoms with Gasteiger partial charge in [-0.15, -0.1) is 0 Å². The standard InChI is InChI=1S/C27H40NO3/c1-20(2)18-23-12-11-15-25(26(23)19-21(3)4)27(29)28(6,7)22(5)30-16-17-31-24-13-9-8-10-14-24/h8-15,20-22H,16-19H2,1-7H3/q+1. The lowest BCUT2D eigenvalue weighted by molar-refractivity contribution is -0.859. The Hall–Kier alpha value is -2.17. The quantitative estimate of drug-likeness (QED) is 0.261. The Labute approximate surface area is 188 Å². The first-order valence-corrected chi connectivity index (χ1v) is 11.4. The lowest BCUT2D eigenvalue weighted by Gasteiger charge is -2.33. The van der Waals surface area contributed by atoms with Crippen molar-refractivity contribution in [1.82, 2.24) is 0 Å². The summed E-state index contributed by atoms with van der Waals surface area (Å²) >= 11 is 0. The van der Waals surface area contributed by atoms with Gasteiger partial charge in [0.25, 0.3) is 0 Å². The second kappa shape index (κ2) is 11.4. The van der Waals surface area contributed by atoms with Crippen LogP contribution in [0.2, 0.25) is 0 Å². The van der Waals surface area contributed by atoms with Gasteiger partial charge in [-0.1, -0.05) is 58.0 Å². The molecule has 0 N–H and O–H groups in total. The molecule has 2 aromatic rings. The van der Waals surface area contributed by atoms with E-state index >= 15 is 0 Å². The Kier molecular flexibility index (Phi) is 9.27. The molecule has 2 rings (SSSR count). The molecule has 0 aliphatic rings. The average molecular weight is 427 g/mol. The van der Waals surface area contributed by atoms with Crippen LogP contribution in [-0.2, 0) is 17.6 Å². The van der Waals surface area contributed by atoms with E-state index < -0.39 is 0 Å². The zero-order chi connectivity index (χ0) is 23.0. The number of carbonyl (C=O) groups excluding carboxylic acids is 1. The number of para-hydroxylation sites is 1. The van der Waals surface area contributed by atoms with Crippen molar-refractivity contribution in [3.63, 3.8) is 0 Å². The summed E-state index contributed by atoms with van der Waals surface area (Å²) in [5.41, 5.74) is 3.31. The highest BCUT2D eigenvalue weighted by Gasteiger charge is 2.36. The number of hydrogen-bond donors (Lipinski definition) is 0. The van der Waals surface area contributed by atoms with Crippen molar-refractivity contribution in [3.05, 3.63) is 65.2 Å². The molecule has 0 radical (unpaired) electrons. The van der Waals surface area contributed by atoms with E-state index in [9.17, 15) is 4.79 Å². The summed E-state index contributed by atoms with van der Waals surface area (Å²) in [6, 6.07) is 15.9. The van der Waals surface area contributed by atoms with E-state index in [1.54, 1.807) is 0 Å². The summed E-state index contributed by atoms with van der Waals surface area (Å²) in [4.78, 5) is 13.7. The largest absolute Gasteiger partial charge is 0.491 e. The molecule has 0 aliphatic heterocycles. The fourth-order valence-electron chi connectivity index (χ4n) is 3.67. The van der Waals surface area contributed by atoms with E-state index in [1.165, 1.54) is 11.1 Å². The van der Waals surface area contributed by atoms with Crippen molar-refractivity contribution < 1.29 is 18.8 Å². The lowest BCUT2D eigenvalue weighted by Crippen LogP contribution is -2.53. The van der Waals surface area contributed by atoms with E-state index in [4.69, 9.17) is 9.47 Å². The molecule has 0 bridgehead atoms. The minimum Gasteiger partial charge on any atom is -0.491 e. The Morgan fingerprint density at radius 2 is 1.48 bits per heavy atom. The minimum atomic E-state index is -0.285. The molecule has 4 heteroatoms. The smallest absolute Gasteiger partial charge is 0.347 e. The van der Waals surface area contributed by atoms with Gasteiger partial charge in [0.1, 0.15) is 12.4 Å². The second-order valence-electron chi connectivity index (χ2n) is 9.62. The van der Waals surface area contributed by atoms with Crippen LogP contribution < -0.4 is 4.74 Å². The van der Waals surface area contributed by atoms with E-state index in [1.807, 2.05) is 63.5 Å². The van der Waals surface area contributed by atoms with Crippen molar-refractivity contribution >= 4 is 5.91 Å². The van der Waals surface area contributed by atoms with Gasteiger partial charge in [0, 0.05) is 6.92 Å². The highest BCUT2D eigenvalue weighted by atomic mass is 16.5. The maximum absolute atomic E-state index is 13.7. The molecule has 0 heterocycles. The van der Waals surface area contributed by atoms with Crippen LogP contribution in [0.15, 0.2) is 48.5 Å². The van der Waals surface area contributed by atoms with Crippen molar-refractivity contribution in [3.8, 4) is 5.75 Å². The summed E-state index contributed by atoms with van der Waals surface area (Å²) in [6.45, 7) is 11.7. The molecule has 2 aromatic carbocycles. The molecule has 0 fully saturated rings. The number of benzene rings is 2. The molecule has 31 heavy (non-hydrogen) atoms. The molecule has 1 unspecified atom stereocenters. The molecular formula is C27H40NO3+. The molecule has 0 aliphatic carbocycles. The zero-order valence-electron chi connectivity index (χ0n) is 20.4. The molecule has 0 spiro atoms. The fourth-order valence-corrected chi connectivity index (χ4v) is 3.67. The van der Waals surface area contributed by atoms with Crippen LogP contribution in [-0.4, -0.2) is 43.9 Å². The number of quaternary nitrogens is 1. The first-order valence-electron chi connectivity index (χ1n) is 11.4. The third-order valence-corrected chi connectivity index (χ3v) is 5.63. The number of rotatable bonds is 11. The Morgan fingerprint density at radius 3 is 2.10 bits per heavy atom. The van der Waals surface area contributed by atoms with E-state index in [0.717, 1.165) is 24.2 Å². The van der Waals surface area contributed by atoms with Gasteiger partial charge in [-0.2, -0.15) is 0 Å². The van der Waals surface area contributed by atoms with E-state index in [0.29, 0.717) is 25.0 Å². The van der Waals surface area contributed by atoms with Crippen LogP contribution in [0.4, 0.5) is 0 Å². The van der Waals surface area contributed by atoms with Crippen molar-refractivity contribution in [1.29, 1.82) is 0 Å². The summed E-state index contributed by atoms with van der Waals surface area (Å²) in [7, 11) is 3.86. The highest BCUT2D eigenvalue weighted by Crippen LogP contribution is 2.25. The first-order chi connectivity index (χ1) is 14.6. The summed E-state index contributed by atoms with van der Waals surface area (Å²) < 4.78 is 11.9. The first kappa shape index (κ1) is 25.1. The molecule has 0 aromatic heterocycles. The number of amides is 1. The number of nitrogens with zero attached hydrogens (tertiary/aromatic N) is 1. The van der Waals surface area contributed by atoms with Crippen LogP contribution >= 0.6 is 0 Å². The van der Waals surface area contributed by atoms with Crippen molar-refractivity contribution in [2.75, 3.05) is 27.3 Å². The summed E-state index contributed by atoms with van der Waals surface area (Å²) in [6.07, 6.45) is 1.61. The SMILES string of the molecule is CC(C)Cc1cccc(C(=O)[N+](C)(C)C(C)OCCOc2ccccc2)c1CC(C)C. The molecule has 4 nitrogen and oxygen atoms in total. The van der Waals surface area contributed by atoms with Gasteiger partial charge in [-0.25, -0.2) is 9.28 Å². The van der Waals surface area contributed by atoms with Gasteiger partial charge in [0.05, 0.1) is 26.3 Å². The van der Waals surface area contributed by atoms with Crippen molar-refractivity contribution in [2.24, 2.45) is 11.8 Å². The minimum absolute atomic E-state index is 0.0951. The van der Waals surface area contributed by atoms with Gasteiger partial charge in [-0.3, -0.25) is 0 Å². The van der Waals surface area contributed by atoms with Gasteiger partial charge in [-0.05, 0) is 54.0 Å². The third-order valence-electron chi connectivity index (χ3n) is 5.63. The Balaban J connectivity index is 2.11. The molecule has 1 amide bonds. The topological polar surface area (TPSA) is 35.5 Å². The molecule has 0 saturated heterocycles. The highest BCUT2D eigenvalue weighted by molar-refractivity contribution is 5.91. The Morgan fingerprint density at radius 1 is 0.839 bits per heavy atom. The van der Waals surface area contributed by atoms with Crippen molar-refractivity contribution in [2.45, 2.75) is 53.7 Å². The lowest BCUT2D eigenvalue weighted by atomic mass is 9.88. The Bertz CT molecular complexity index is 828. The molecule has 170 valence electrons. The van der Waals surface area contributed by atoms with Gasteiger partial charge in [0.2, 0.25) is 0 Å². The number of ether oxygens (including phenoxy) is 2. The monoisotopic (exact) mass is 426 g/mol. The fraction of sp³-hybridized carbons (Fsp3) is 0.519. The maximum Gasteiger partial charge on any atom is 0.347 e. The number of carbonyl (C=O) groups is 1. The van der Waals surface area contributed by atoms with Gasteiger partial charge in [0.15, 0.2) is 6.23 Å². The number of hydrogen-bond acceptors (Lipinski definition) is 3. The summed E-state index contributed by atoms with van der Waals surface area (Å²) in [5, 5.41) is 0. The second-order valence-corrected chi connectivity index (χ2v) is 9.62. The average Bonchev–Trinajstić information content (AvgIpc) is 2.71. The van der Waals surface area contributed by atoms with Crippen LogP contribution in [0.3, 0.4) is 0 Å². The third kappa shape index (κ3) is 7.19.